The molecular formula is C22H20FN5O2. The fraction of sp³-hybridized carbons (Fsp3) is 0.182. The van der Waals surface area contributed by atoms with Gasteiger partial charge < -0.3 is 15.2 Å². The molecule has 4 rings (SSSR count). The number of halogens is 1. The second kappa shape index (κ2) is 8.79. The molecule has 0 amide bonds. The van der Waals surface area contributed by atoms with E-state index in [1.807, 2.05) is 31.2 Å². The Balaban J connectivity index is 1.64. The number of nitrogens with zero attached hydrogens (tertiary/aromatic N) is 4. The minimum Gasteiger partial charge on any atom is -0.476 e. The van der Waals surface area contributed by atoms with Gasteiger partial charge in [-0.2, -0.15) is 9.97 Å². The second-order valence-corrected chi connectivity index (χ2v) is 6.55. The van der Waals surface area contributed by atoms with Crippen LogP contribution in [0.3, 0.4) is 0 Å². The molecule has 0 aliphatic heterocycles. The third-order valence-electron chi connectivity index (χ3n) is 4.45. The molecule has 0 bridgehead atoms. The molecule has 8 heteroatoms. The largest absolute Gasteiger partial charge is 0.476 e. The number of aliphatic hydroxyl groups excluding tert-OH is 1. The lowest BCUT2D eigenvalue weighted by molar-refractivity contribution is 0.282. The maximum absolute atomic E-state index is 13.1. The lowest BCUT2D eigenvalue weighted by Crippen LogP contribution is -2.07. The molecule has 0 spiro atoms. The van der Waals surface area contributed by atoms with E-state index in [4.69, 9.17) is 4.74 Å². The van der Waals surface area contributed by atoms with E-state index in [-0.39, 0.29) is 12.4 Å². The average molecular weight is 405 g/mol. The van der Waals surface area contributed by atoms with Crippen molar-refractivity contribution in [2.24, 2.45) is 0 Å². The Kier molecular flexibility index (Phi) is 5.76. The van der Waals surface area contributed by atoms with Crippen LogP contribution in [0.15, 0.2) is 54.7 Å². The molecule has 0 radical (unpaired) electrons. The van der Waals surface area contributed by atoms with Crippen LogP contribution in [0.2, 0.25) is 0 Å². The number of anilines is 1. The number of ether oxygens (including phenoxy) is 1. The lowest BCUT2D eigenvalue weighted by Gasteiger charge is -2.10. The summed E-state index contributed by atoms with van der Waals surface area (Å²) in [4.78, 5) is 17.9. The smallest absolute Gasteiger partial charge is 0.247 e. The molecule has 152 valence electrons. The van der Waals surface area contributed by atoms with Crippen LogP contribution in [-0.2, 0) is 13.2 Å². The summed E-state index contributed by atoms with van der Waals surface area (Å²) in [5.41, 5.74) is 4.11. The van der Waals surface area contributed by atoms with Gasteiger partial charge in [-0.3, -0.25) is 0 Å². The summed E-state index contributed by atoms with van der Waals surface area (Å²) in [5.74, 6) is 0.409. The normalized spacial score (nSPS) is 10.9. The van der Waals surface area contributed by atoms with Gasteiger partial charge in [-0.1, -0.05) is 36.4 Å². The Hall–Kier alpha value is -3.65. The molecule has 0 atom stereocenters. The third kappa shape index (κ3) is 4.33. The van der Waals surface area contributed by atoms with E-state index in [0.717, 1.165) is 16.7 Å². The van der Waals surface area contributed by atoms with Crippen LogP contribution < -0.4 is 10.1 Å². The predicted octanol–water partition coefficient (Wildman–Crippen LogP) is 3.73. The Labute approximate surface area is 172 Å². The molecule has 4 aromatic rings. The molecule has 7 nitrogen and oxygen atoms in total. The van der Waals surface area contributed by atoms with Crippen molar-refractivity contribution in [1.82, 2.24) is 19.9 Å². The number of rotatable bonds is 7. The van der Waals surface area contributed by atoms with Gasteiger partial charge in [0.25, 0.3) is 0 Å². The van der Waals surface area contributed by atoms with E-state index < -0.39 is 0 Å². The first-order valence-corrected chi connectivity index (χ1v) is 9.52. The minimum absolute atomic E-state index is 0.0142. The molecule has 2 aromatic carbocycles. The molecule has 0 saturated heterocycles. The van der Waals surface area contributed by atoms with Gasteiger partial charge in [0.2, 0.25) is 11.8 Å². The van der Waals surface area contributed by atoms with Crippen molar-refractivity contribution in [2.75, 3.05) is 11.9 Å². The highest BCUT2D eigenvalue weighted by atomic mass is 19.1. The molecule has 0 aliphatic carbocycles. The Morgan fingerprint density at radius 3 is 2.40 bits per heavy atom. The van der Waals surface area contributed by atoms with E-state index >= 15 is 0 Å². The van der Waals surface area contributed by atoms with Crippen molar-refractivity contribution in [3.05, 3.63) is 71.7 Å². The summed E-state index contributed by atoms with van der Waals surface area (Å²) in [6, 6.07) is 13.6. The van der Waals surface area contributed by atoms with Gasteiger partial charge in [-0.15, -0.1) is 0 Å². The van der Waals surface area contributed by atoms with Crippen LogP contribution in [-0.4, -0.2) is 31.6 Å². The van der Waals surface area contributed by atoms with E-state index in [2.05, 4.69) is 25.3 Å². The summed E-state index contributed by atoms with van der Waals surface area (Å²) >= 11 is 0. The van der Waals surface area contributed by atoms with E-state index in [1.165, 1.54) is 12.1 Å². The number of aromatic nitrogens is 4. The average Bonchev–Trinajstić information content (AvgIpc) is 2.79. The van der Waals surface area contributed by atoms with Gasteiger partial charge in [-0.05, 0) is 30.2 Å². The highest BCUT2D eigenvalue weighted by Gasteiger charge is 2.13. The highest BCUT2D eigenvalue weighted by molar-refractivity contribution is 5.79. The third-order valence-corrected chi connectivity index (χ3v) is 4.45. The number of hydrogen-bond acceptors (Lipinski definition) is 7. The first-order chi connectivity index (χ1) is 14.7. The first kappa shape index (κ1) is 19.7. The summed E-state index contributed by atoms with van der Waals surface area (Å²) in [6.45, 7) is 2.70. The van der Waals surface area contributed by atoms with Gasteiger partial charge in [0.15, 0.2) is 11.2 Å². The molecule has 2 heterocycles. The van der Waals surface area contributed by atoms with Crippen LogP contribution >= 0.6 is 0 Å². The van der Waals surface area contributed by atoms with Crippen LogP contribution in [0.25, 0.3) is 22.4 Å². The maximum atomic E-state index is 13.1. The van der Waals surface area contributed by atoms with Crippen LogP contribution in [0.5, 0.6) is 5.88 Å². The number of aliphatic hydroxyl groups is 1. The SMILES string of the molecule is CCOc1nc(NCc2ccc(F)cc2)nc2ncc(-c3ccc(CO)cc3)nc12. The van der Waals surface area contributed by atoms with Crippen LogP contribution in [0.1, 0.15) is 18.1 Å². The van der Waals surface area contributed by atoms with Gasteiger partial charge in [0.1, 0.15) is 5.82 Å². The molecule has 0 aliphatic rings. The quantitative estimate of drug-likeness (QED) is 0.484. The maximum Gasteiger partial charge on any atom is 0.247 e. The summed E-state index contributed by atoms with van der Waals surface area (Å²) < 4.78 is 18.7. The zero-order chi connectivity index (χ0) is 20.9. The molecule has 0 unspecified atom stereocenters. The van der Waals surface area contributed by atoms with Crippen molar-refractivity contribution in [1.29, 1.82) is 0 Å². The zero-order valence-corrected chi connectivity index (χ0v) is 16.3. The molecule has 0 fully saturated rings. The zero-order valence-electron chi connectivity index (χ0n) is 16.3. The van der Waals surface area contributed by atoms with Gasteiger partial charge in [0, 0.05) is 12.1 Å². The van der Waals surface area contributed by atoms with E-state index in [0.29, 0.717) is 41.8 Å². The Morgan fingerprint density at radius 1 is 0.967 bits per heavy atom. The molecular weight excluding hydrogens is 385 g/mol. The van der Waals surface area contributed by atoms with Crippen molar-refractivity contribution in [2.45, 2.75) is 20.1 Å². The highest BCUT2D eigenvalue weighted by Crippen LogP contribution is 2.25. The molecule has 2 aromatic heterocycles. The first-order valence-electron chi connectivity index (χ1n) is 9.52. The standard InChI is InChI=1S/C22H20FN5O2/c1-2-30-21-19-20(24-12-18(26-19)16-7-3-15(13-29)4-8-16)27-22(28-21)25-11-14-5-9-17(23)10-6-14/h3-10,12,29H,2,11,13H2,1H3,(H,24,25,27,28). The minimum atomic E-state index is -0.281. The Morgan fingerprint density at radius 2 is 1.70 bits per heavy atom. The topological polar surface area (TPSA) is 93.0 Å². The molecule has 0 saturated carbocycles. The molecule has 30 heavy (non-hydrogen) atoms. The summed E-state index contributed by atoms with van der Waals surface area (Å²) in [5, 5.41) is 12.3. The predicted molar refractivity (Wildman–Crippen MR) is 111 cm³/mol. The fourth-order valence-corrected chi connectivity index (χ4v) is 2.90. The van der Waals surface area contributed by atoms with Crippen LogP contribution in [0.4, 0.5) is 10.3 Å². The van der Waals surface area contributed by atoms with Crippen molar-refractivity contribution in [3.63, 3.8) is 0 Å². The van der Waals surface area contributed by atoms with E-state index in [1.54, 1.807) is 18.3 Å². The lowest BCUT2D eigenvalue weighted by atomic mass is 10.1. The monoisotopic (exact) mass is 405 g/mol. The van der Waals surface area contributed by atoms with Crippen LogP contribution in [0, 0.1) is 5.82 Å². The van der Waals surface area contributed by atoms with Crippen molar-refractivity contribution >= 4 is 17.1 Å². The van der Waals surface area contributed by atoms with Crippen molar-refractivity contribution in [3.8, 4) is 17.1 Å². The number of nitrogens with one attached hydrogen (secondary N) is 1. The summed E-state index contributed by atoms with van der Waals surface area (Å²) in [7, 11) is 0. The molecule has 2 N–H and O–H groups in total. The van der Waals surface area contributed by atoms with E-state index in [9.17, 15) is 9.50 Å². The van der Waals surface area contributed by atoms with Gasteiger partial charge in [0.05, 0.1) is 25.1 Å². The van der Waals surface area contributed by atoms with Gasteiger partial charge >= 0.3 is 0 Å². The number of benzene rings is 2. The summed E-state index contributed by atoms with van der Waals surface area (Å²) in [6.07, 6.45) is 1.64. The second-order valence-electron chi connectivity index (χ2n) is 6.55. The van der Waals surface area contributed by atoms with Crippen molar-refractivity contribution < 1.29 is 14.2 Å². The Bertz CT molecular complexity index is 1150. The van der Waals surface area contributed by atoms with Gasteiger partial charge in [-0.25, -0.2) is 14.4 Å². The fourth-order valence-electron chi connectivity index (χ4n) is 2.90. The number of fused-ring (bicyclic) bond motifs is 1. The number of hydrogen-bond donors (Lipinski definition) is 2.